The van der Waals surface area contributed by atoms with Crippen LogP contribution in [0.1, 0.15) is 19.8 Å². The standard InChI is InChI=1S/C7H11NO/c1-5(7(8)9)4-6-2-3-6/h4,6H,2-3H2,1H3,(H2,8,9)/b5-4+. The third-order valence-corrected chi connectivity index (χ3v) is 1.50. The molecule has 1 amide bonds. The summed E-state index contributed by atoms with van der Waals surface area (Å²) in [4.78, 5) is 10.4. The molecular weight excluding hydrogens is 114 g/mol. The molecule has 1 rings (SSSR count). The normalized spacial score (nSPS) is 19.9. The molecule has 0 saturated heterocycles. The number of amides is 1. The summed E-state index contributed by atoms with van der Waals surface area (Å²) in [6.07, 6.45) is 4.41. The molecule has 9 heavy (non-hydrogen) atoms. The van der Waals surface area contributed by atoms with Crippen molar-refractivity contribution in [3.8, 4) is 0 Å². The SMILES string of the molecule is C/C(=C\C1CC1)C(N)=O. The van der Waals surface area contributed by atoms with E-state index in [0.717, 1.165) is 0 Å². The van der Waals surface area contributed by atoms with Gasteiger partial charge >= 0.3 is 0 Å². The van der Waals surface area contributed by atoms with Gasteiger partial charge in [0.05, 0.1) is 0 Å². The van der Waals surface area contributed by atoms with Crippen LogP contribution in [0, 0.1) is 5.92 Å². The molecule has 0 radical (unpaired) electrons. The Labute approximate surface area is 54.7 Å². The molecule has 2 nitrogen and oxygen atoms in total. The van der Waals surface area contributed by atoms with Gasteiger partial charge in [0, 0.05) is 5.57 Å². The van der Waals surface area contributed by atoms with Crippen molar-refractivity contribution in [1.82, 2.24) is 0 Å². The molecule has 0 aromatic heterocycles. The molecule has 0 unspecified atom stereocenters. The topological polar surface area (TPSA) is 43.1 Å². The lowest BCUT2D eigenvalue weighted by molar-refractivity contribution is -0.114. The van der Waals surface area contributed by atoms with Gasteiger partial charge in [-0.15, -0.1) is 0 Å². The smallest absolute Gasteiger partial charge is 0.244 e. The average Bonchev–Trinajstić information content (AvgIpc) is 2.50. The Morgan fingerprint density at radius 3 is 2.56 bits per heavy atom. The quantitative estimate of drug-likeness (QED) is 0.546. The Bertz CT molecular complexity index is 156. The molecule has 50 valence electrons. The second kappa shape index (κ2) is 2.21. The number of nitrogens with two attached hydrogens (primary N) is 1. The zero-order valence-corrected chi connectivity index (χ0v) is 5.55. The van der Waals surface area contributed by atoms with E-state index >= 15 is 0 Å². The van der Waals surface area contributed by atoms with Gasteiger partial charge in [-0.3, -0.25) is 4.79 Å². The van der Waals surface area contributed by atoms with E-state index in [1.807, 2.05) is 6.08 Å². The molecule has 1 fully saturated rings. The minimum absolute atomic E-state index is 0.290. The van der Waals surface area contributed by atoms with E-state index in [4.69, 9.17) is 5.73 Å². The Balaban J connectivity index is 2.46. The lowest BCUT2D eigenvalue weighted by Crippen LogP contribution is -2.11. The second-order valence-electron chi connectivity index (χ2n) is 2.55. The van der Waals surface area contributed by atoms with Crippen LogP contribution in [0.5, 0.6) is 0 Å². The number of rotatable bonds is 2. The van der Waals surface area contributed by atoms with E-state index in [0.29, 0.717) is 11.5 Å². The first-order valence-corrected chi connectivity index (χ1v) is 3.18. The van der Waals surface area contributed by atoms with Crippen molar-refractivity contribution in [3.63, 3.8) is 0 Å². The van der Waals surface area contributed by atoms with Gasteiger partial charge in [-0.05, 0) is 25.7 Å². The van der Waals surface area contributed by atoms with Crippen LogP contribution in [0.3, 0.4) is 0 Å². The van der Waals surface area contributed by atoms with E-state index in [9.17, 15) is 4.79 Å². The maximum atomic E-state index is 10.4. The molecule has 1 aliphatic rings. The van der Waals surface area contributed by atoms with E-state index in [-0.39, 0.29) is 5.91 Å². The zero-order valence-electron chi connectivity index (χ0n) is 5.55. The highest BCUT2D eigenvalue weighted by atomic mass is 16.1. The van der Waals surface area contributed by atoms with Crippen molar-refractivity contribution >= 4 is 5.91 Å². The summed E-state index contributed by atoms with van der Waals surface area (Å²) in [5.41, 5.74) is 5.71. The fourth-order valence-electron chi connectivity index (χ4n) is 0.699. The molecule has 2 N–H and O–H groups in total. The summed E-state index contributed by atoms with van der Waals surface area (Å²) < 4.78 is 0. The molecule has 0 aromatic rings. The number of carbonyl (C=O) groups excluding carboxylic acids is 1. The van der Waals surface area contributed by atoms with Crippen LogP contribution in [0.2, 0.25) is 0 Å². The molecule has 0 aromatic carbocycles. The Morgan fingerprint density at radius 1 is 1.67 bits per heavy atom. The number of allylic oxidation sites excluding steroid dienone is 1. The highest BCUT2D eigenvalue weighted by molar-refractivity contribution is 5.91. The second-order valence-corrected chi connectivity index (χ2v) is 2.55. The van der Waals surface area contributed by atoms with Gasteiger partial charge in [0.2, 0.25) is 5.91 Å². The van der Waals surface area contributed by atoms with Crippen molar-refractivity contribution in [3.05, 3.63) is 11.6 Å². The summed E-state index contributed by atoms with van der Waals surface area (Å²) >= 11 is 0. The van der Waals surface area contributed by atoms with E-state index in [2.05, 4.69) is 0 Å². The van der Waals surface area contributed by atoms with Crippen LogP contribution in [0.4, 0.5) is 0 Å². The number of carbonyl (C=O) groups is 1. The molecule has 1 saturated carbocycles. The number of hydrogen-bond acceptors (Lipinski definition) is 1. The molecule has 1 aliphatic carbocycles. The lowest BCUT2D eigenvalue weighted by atomic mass is 10.2. The molecule has 0 bridgehead atoms. The molecule has 0 heterocycles. The summed E-state index contributed by atoms with van der Waals surface area (Å²) in [7, 11) is 0. The predicted molar refractivity (Wildman–Crippen MR) is 35.7 cm³/mol. The average molecular weight is 125 g/mol. The van der Waals surface area contributed by atoms with Gasteiger partial charge in [0.25, 0.3) is 0 Å². The van der Waals surface area contributed by atoms with Crippen LogP contribution >= 0.6 is 0 Å². The largest absolute Gasteiger partial charge is 0.366 e. The first-order valence-electron chi connectivity index (χ1n) is 3.18. The van der Waals surface area contributed by atoms with Crippen molar-refractivity contribution in [2.45, 2.75) is 19.8 Å². The van der Waals surface area contributed by atoms with Gasteiger partial charge in [-0.2, -0.15) is 0 Å². The van der Waals surface area contributed by atoms with Crippen molar-refractivity contribution in [2.24, 2.45) is 11.7 Å². The van der Waals surface area contributed by atoms with Gasteiger partial charge in [-0.1, -0.05) is 6.08 Å². The molecule has 2 heteroatoms. The van der Waals surface area contributed by atoms with Gasteiger partial charge in [0.1, 0.15) is 0 Å². The highest BCUT2D eigenvalue weighted by Crippen LogP contribution is 2.31. The van der Waals surface area contributed by atoms with Crippen molar-refractivity contribution < 1.29 is 4.79 Å². The minimum Gasteiger partial charge on any atom is -0.366 e. The highest BCUT2D eigenvalue weighted by Gasteiger charge is 2.18. The zero-order chi connectivity index (χ0) is 6.85. The van der Waals surface area contributed by atoms with Crippen molar-refractivity contribution in [2.75, 3.05) is 0 Å². The molecule has 0 atom stereocenters. The molecular formula is C7H11NO. The Kier molecular flexibility index (Phi) is 1.56. The summed E-state index contributed by atoms with van der Waals surface area (Å²) in [5.74, 6) is 0.361. The van der Waals surface area contributed by atoms with Crippen LogP contribution in [0.15, 0.2) is 11.6 Å². The summed E-state index contributed by atoms with van der Waals surface area (Å²) in [6.45, 7) is 1.76. The molecule has 0 aliphatic heterocycles. The third kappa shape index (κ3) is 1.88. The fourth-order valence-corrected chi connectivity index (χ4v) is 0.699. The van der Waals surface area contributed by atoms with Gasteiger partial charge in [0.15, 0.2) is 0 Å². The Morgan fingerprint density at radius 2 is 2.22 bits per heavy atom. The molecule has 0 spiro atoms. The van der Waals surface area contributed by atoms with Crippen LogP contribution in [0.25, 0.3) is 0 Å². The predicted octanol–water partition coefficient (Wildman–Crippen LogP) is 0.828. The summed E-state index contributed by atoms with van der Waals surface area (Å²) in [5, 5.41) is 0. The Hall–Kier alpha value is -0.790. The maximum Gasteiger partial charge on any atom is 0.244 e. The van der Waals surface area contributed by atoms with Crippen LogP contribution in [-0.4, -0.2) is 5.91 Å². The third-order valence-electron chi connectivity index (χ3n) is 1.50. The maximum absolute atomic E-state index is 10.4. The monoisotopic (exact) mass is 125 g/mol. The number of primary amides is 1. The van der Waals surface area contributed by atoms with Crippen LogP contribution < -0.4 is 5.73 Å². The van der Waals surface area contributed by atoms with Crippen molar-refractivity contribution in [1.29, 1.82) is 0 Å². The van der Waals surface area contributed by atoms with E-state index in [1.54, 1.807) is 6.92 Å². The van der Waals surface area contributed by atoms with Crippen LogP contribution in [-0.2, 0) is 4.79 Å². The minimum atomic E-state index is -0.290. The first-order chi connectivity index (χ1) is 4.20. The van der Waals surface area contributed by atoms with E-state index < -0.39 is 0 Å². The van der Waals surface area contributed by atoms with Gasteiger partial charge < -0.3 is 5.73 Å². The fraction of sp³-hybridized carbons (Fsp3) is 0.571. The van der Waals surface area contributed by atoms with Gasteiger partial charge in [-0.25, -0.2) is 0 Å². The van der Waals surface area contributed by atoms with E-state index in [1.165, 1.54) is 12.8 Å². The first kappa shape index (κ1) is 6.33. The lowest BCUT2D eigenvalue weighted by Gasteiger charge is -1.89. The number of hydrogen-bond donors (Lipinski definition) is 1. The summed E-state index contributed by atoms with van der Waals surface area (Å²) in [6, 6.07) is 0.